The Morgan fingerprint density at radius 3 is 2.68 bits per heavy atom. The van der Waals surface area contributed by atoms with Crippen molar-refractivity contribution >= 4 is 0 Å². The molecular weight excluding hydrogens is 236 g/mol. The van der Waals surface area contributed by atoms with E-state index >= 15 is 0 Å². The van der Waals surface area contributed by atoms with Gasteiger partial charge in [-0.2, -0.15) is 0 Å². The van der Waals surface area contributed by atoms with Gasteiger partial charge < -0.3 is 10.1 Å². The lowest BCUT2D eigenvalue weighted by Crippen LogP contribution is -2.22. The molecule has 0 spiro atoms. The topological polar surface area (TPSA) is 34.2 Å². The fraction of sp³-hybridized carbons (Fsp3) is 0.312. The van der Waals surface area contributed by atoms with Crippen molar-refractivity contribution in [2.24, 2.45) is 0 Å². The van der Waals surface area contributed by atoms with E-state index in [1.807, 2.05) is 31.3 Å². The van der Waals surface area contributed by atoms with Crippen molar-refractivity contribution in [1.82, 2.24) is 10.3 Å². The van der Waals surface area contributed by atoms with E-state index in [0.717, 1.165) is 18.0 Å². The van der Waals surface area contributed by atoms with Gasteiger partial charge in [0.1, 0.15) is 5.75 Å². The maximum Gasteiger partial charge on any atom is 0.119 e. The van der Waals surface area contributed by atoms with Gasteiger partial charge in [0.05, 0.1) is 13.2 Å². The number of hydrogen-bond acceptors (Lipinski definition) is 3. The predicted molar refractivity (Wildman–Crippen MR) is 77.5 cm³/mol. The molecule has 1 aromatic heterocycles. The Morgan fingerprint density at radius 2 is 2.05 bits per heavy atom. The molecule has 3 nitrogen and oxygen atoms in total. The molecule has 1 N–H and O–H groups in total. The van der Waals surface area contributed by atoms with Gasteiger partial charge in [-0.05, 0) is 42.8 Å². The van der Waals surface area contributed by atoms with Crippen LogP contribution in [0.1, 0.15) is 29.8 Å². The van der Waals surface area contributed by atoms with Gasteiger partial charge >= 0.3 is 0 Å². The molecule has 0 saturated heterocycles. The molecule has 19 heavy (non-hydrogen) atoms. The summed E-state index contributed by atoms with van der Waals surface area (Å²) < 4.78 is 5.29. The minimum Gasteiger partial charge on any atom is -0.497 e. The Hall–Kier alpha value is -1.87. The van der Waals surface area contributed by atoms with E-state index in [2.05, 4.69) is 35.4 Å². The van der Waals surface area contributed by atoms with Crippen LogP contribution in [0.5, 0.6) is 5.75 Å². The molecule has 0 aliphatic carbocycles. The quantitative estimate of drug-likeness (QED) is 0.892. The summed E-state index contributed by atoms with van der Waals surface area (Å²) in [5.41, 5.74) is 3.39. The van der Waals surface area contributed by atoms with Crippen LogP contribution in [0, 0.1) is 6.92 Å². The van der Waals surface area contributed by atoms with Crippen LogP contribution >= 0.6 is 0 Å². The Kier molecular flexibility index (Phi) is 4.53. The largest absolute Gasteiger partial charge is 0.497 e. The number of rotatable bonds is 5. The summed E-state index contributed by atoms with van der Waals surface area (Å²) in [7, 11) is 1.69. The van der Waals surface area contributed by atoms with Crippen molar-refractivity contribution in [1.29, 1.82) is 0 Å². The molecule has 0 radical (unpaired) electrons. The fourth-order valence-corrected chi connectivity index (χ4v) is 2.10. The highest BCUT2D eigenvalue weighted by Crippen LogP contribution is 2.24. The number of nitrogens with zero attached hydrogens (tertiary/aromatic N) is 1. The van der Waals surface area contributed by atoms with Crippen LogP contribution in [0.2, 0.25) is 0 Å². The maximum atomic E-state index is 5.29. The molecule has 0 bridgehead atoms. The minimum atomic E-state index is 0.146. The van der Waals surface area contributed by atoms with E-state index in [1.54, 1.807) is 7.11 Å². The Morgan fingerprint density at radius 1 is 1.21 bits per heavy atom. The standard InChI is InChI=1S/C16H20N2O/c1-4-17-16(14-9-8-12(2)18-11-14)13-6-5-7-15(10-13)19-3/h5-11,16-17H,4H2,1-3H3. The van der Waals surface area contributed by atoms with Gasteiger partial charge in [0.2, 0.25) is 0 Å². The van der Waals surface area contributed by atoms with Crippen molar-refractivity contribution in [2.75, 3.05) is 13.7 Å². The van der Waals surface area contributed by atoms with E-state index in [1.165, 1.54) is 11.1 Å². The average Bonchev–Trinajstić information content (AvgIpc) is 2.46. The lowest BCUT2D eigenvalue weighted by atomic mass is 9.99. The van der Waals surface area contributed by atoms with Crippen LogP contribution in [0.15, 0.2) is 42.6 Å². The molecule has 1 atom stereocenters. The van der Waals surface area contributed by atoms with Crippen molar-refractivity contribution in [3.63, 3.8) is 0 Å². The Balaban J connectivity index is 2.35. The summed E-state index contributed by atoms with van der Waals surface area (Å²) in [6.45, 7) is 5.00. The fourth-order valence-electron chi connectivity index (χ4n) is 2.10. The predicted octanol–water partition coefficient (Wildman–Crippen LogP) is 3.10. The van der Waals surface area contributed by atoms with Gasteiger partial charge in [0, 0.05) is 11.9 Å². The first-order valence-electron chi connectivity index (χ1n) is 6.54. The highest BCUT2D eigenvalue weighted by molar-refractivity contribution is 5.36. The number of aryl methyl sites for hydroxylation is 1. The second-order valence-corrected chi connectivity index (χ2v) is 4.50. The van der Waals surface area contributed by atoms with E-state index in [0.29, 0.717) is 0 Å². The highest BCUT2D eigenvalue weighted by Gasteiger charge is 2.13. The van der Waals surface area contributed by atoms with E-state index in [-0.39, 0.29) is 6.04 Å². The second kappa shape index (κ2) is 6.34. The van der Waals surface area contributed by atoms with Crippen molar-refractivity contribution in [2.45, 2.75) is 19.9 Å². The molecule has 100 valence electrons. The molecule has 2 rings (SSSR count). The molecular formula is C16H20N2O. The number of pyridine rings is 1. The van der Waals surface area contributed by atoms with Crippen LogP contribution in [-0.2, 0) is 0 Å². The molecule has 1 heterocycles. The van der Waals surface area contributed by atoms with E-state index in [9.17, 15) is 0 Å². The summed E-state index contributed by atoms with van der Waals surface area (Å²) in [6.07, 6.45) is 1.93. The first kappa shape index (κ1) is 13.6. The van der Waals surface area contributed by atoms with Gasteiger partial charge in [-0.15, -0.1) is 0 Å². The third-order valence-corrected chi connectivity index (χ3v) is 3.10. The van der Waals surface area contributed by atoms with Crippen molar-refractivity contribution in [3.8, 4) is 5.75 Å². The third-order valence-electron chi connectivity index (χ3n) is 3.10. The van der Waals surface area contributed by atoms with Gasteiger partial charge in [-0.3, -0.25) is 4.98 Å². The average molecular weight is 256 g/mol. The second-order valence-electron chi connectivity index (χ2n) is 4.50. The van der Waals surface area contributed by atoms with Crippen LogP contribution < -0.4 is 10.1 Å². The Bertz CT molecular complexity index is 523. The van der Waals surface area contributed by atoms with E-state index in [4.69, 9.17) is 4.74 Å². The molecule has 2 aromatic rings. The molecule has 0 aliphatic rings. The number of nitrogens with one attached hydrogen (secondary N) is 1. The summed E-state index contributed by atoms with van der Waals surface area (Å²) in [5, 5.41) is 3.49. The molecule has 0 amide bonds. The summed E-state index contributed by atoms with van der Waals surface area (Å²) in [4.78, 5) is 4.38. The monoisotopic (exact) mass is 256 g/mol. The zero-order valence-corrected chi connectivity index (χ0v) is 11.7. The summed E-state index contributed by atoms with van der Waals surface area (Å²) >= 11 is 0. The first-order valence-corrected chi connectivity index (χ1v) is 6.54. The molecule has 1 unspecified atom stereocenters. The zero-order chi connectivity index (χ0) is 13.7. The summed E-state index contributed by atoms with van der Waals surface area (Å²) in [6, 6.07) is 12.4. The number of ether oxygens (including phenoxy) is 1. The van der Waals surface area contributed by atoms with Gasteiger partial charge in [-0.1, -0.05) is 25.1 Å². The number of benzene rings is 1. The molecule has 0 fully saturated rings. The van der Waals surface area contributed by atoms with Gasteiger partial charge in [0.15, 0.2) is 0 Å². The smallest absolute Gasteiger partial charge is 0.119 e. The van der Waals surface area contributed by atoms with Crippen LogP contribution in [0.4, 0.5) is 0 Å². The third kappa shape index (κ3) is 3.32. The molecule has 3 heteroatoms. The lowest BCUT2D eigenvalue weighted by molar-refractivity contribution is 0.413. The zero-order valence-electron chi connectivity index (χ0n) is 11.7. The number of methoxy groups -OCH3 is 1. The number of hydrogen-bond donors (Lipinski definition) is 1. The van der Waals surface area contributed by atoms with Gasteiger partial charge in [-0.25, -0.2) is 0 Å². The lowest BCUT2D eigenvalue weighted by Gasteiger charge is -2.19. The first-order chi connectivity index (χ1) is 9.24. The molecule has 1 aromatic carbocycles. The minimum absolute atomic E-state index is 0.146. The normalized spacial score (nSPS) is 12.2. The molecule has 0 aliphatic heterocycles. The maximum absolute atomic E-state index is 5.29. The molecule has 0 saturated carbocycles. The van der Waals surface area contributed by atoms with Gasteiger partial charge in [0.25, 0.3) is 0 Å². The van der Waals surface area contributed by atoms with Crippen LogP contribution in [-0.4, -0.2) is 18.6 Å². The SMILES string of the molecule is CCNC(c1ccc(C)nc1)c1cccc(OC)c1. The summed E-state index contributed by atoms with van der Waals surface area (Å²) in [5.74, 6) is 0.875. The Labute approximate surface area is 114 Å². The van der Waals surface area contributed by atoms with Crippen LogP contribution in [0.25, 0.3) is 0 Å². The van der Waals surface area contributed by atoms with E-state index < -0.39 is 0 Å². The highest BCUT2D eigenvalue weighted by atomic mass is 16.5. The van der Waals surface area contributed by atoms with Crippen molar-refractivity contribution < 1.29 is 4.74 Å². The van der Waals surface area contributed by atoms with Crippen LogP contribution in [0.3, 0.4) is 0 Å². The number of aromatic nitrogens is 1. The van der Waals surface area contributed by atoms with Crippen molar-refractivity contribution in [3.05, 3.63) is 59.4 Å².